The fourth-order valence-electron chi connectivity index (χ4n) is 1.66. The molecule has 3 aromatic rings. The Hall–Kier alpha value is -2.05. The number of aromatic amines is 1. The van der Waals surface area contributed by atoms with Gasteiger partial charge in [-0.1, -0.05) is 29.3 Å². The molecule has 0 unspecified atom stereocenters. The summed E-state index contributed by atoms with van der Waals surface area (Å²) in [4.78, 5) is 8.47. The molecule has 0 aliphatic rings. The van der Waals surface area contributed by atoms with Crippen molar-refractivity contribution in [3.05, 3.63) is 34.4 Å². The molecule has 0 fully saturated rings. The van der Waals surface area contributed by atoms with E-state index in [-0.39, 0.29) is 0 Å². The highest BCUT2D eigenvalue weighted by Gasteiger charge is 2.13. The maximum atomic E-state index is 6.10. The molecular formula is C12H9Cl2N5O. The lowest BCUT2D eigenvalue weighted by atomic mass is 10.3. The molecule has 1 aromatic carbocycles. The van der Waals surface area contributed by atoms with E-state index >= 15 is 0 Å². The Kier molecular flexibility index (Phi) is 3.33. The summed E-state index contributed by atoms with van der Waals surface area (Å²) in [5, 5.41) is 10.9. The average Bonchev–Trinajstić information content (AvgIpc) is 2.92. The van der Waals surface area contributed by atoms with Crippen molar-refractivity contribution in [1.29, 1.82) is 0 Å². The summed E-state index contributed by atoms with van der Waals surface area (Å²) in [6.45, 7) is 0. The van der Waals surface area contributed by atoms with Crippen LogP contribution in [0.25, 0.3) is 11.0 Å². The Morgan fingerprint density at radius 1 is 1.25 bits per heavy atom. The number of rotatable bonds is 3. The number of halogens is 2. The lowest BCUT2D eigenvalue weighted by Crippen LogP contribution is -1.99. The second-order valence-corrected chi connectivity index (χ2v) is 4.67. The van der Waals surface area contributed by atoms with Crippen molar-refractivity contribution >= 4 is 40.2 Å². The summed E-state index contributed by atoms with van der Waals surface area (Å²) in [7, 11) is 1.72. The SMILES string of the molecule is CNc1nc(Oc2cccc(Cl)c2Cl)c2cn[nH]c2n1. The first-order valence-corrected chi connectivity index (χ1v) is 6.45. The van der Waals surface area contributed by atoms with Crippen molar-refractivity contribution in [3.8, 4) is 11.6 Å². The maximum absolute atomic E-state index is 6.10. The molecule has 2 aromatic heterocycles. The van der Waals surface area contributed by atoms with E-state index in [0.717, 1.165) is 0 Å². The van der Waals surface area contributed by atoms with E-state index in [4.69, 9.17) is 27.9 Å². The molecule has 3 rings (SSSR count). The third-order valence-corrected chi connectivity index (χ3v) is 3.42. The number of nitrogens with one attached hydrogen (secondary N) is 2. The Labute approximate surface area is 124 Å². The number of hydrogen-bond donors (Lipinski definition) is 2. The molecule has 0 spiro atoms. The molecule has 20 heavy (non-hydrogen) atoms. The summed E-state index contributed by atoms with van der Waals surface area (Å²) in [6.07, 6.45) is 1.59. The molecule has 6 nitrogen and oxygen atoms in total. The van der Waals surface area contributed by atoms with Crippen LogP contribution in [0.4, 0.5) is 5.95 Å². The van der Waals surface area contributed by atoms with E-state index in [9.17, 15) is 0 Å². The van der Waals surface area contributed by atoms with Crippen molar-refractivity contribution in [3.63, 3.8) is 0 Å². The van der Waals surface area contributed by atoms with Gasteiger partial charge in [0.2, 0.25) is 11.8 Å². The van der Waals surface area contributed by atoms with E-state index in [0.29, 0.717) is 38.7 Å². The highest BCUT2D eigenvalue weighted by atomic mass is 35.5. The molecule has 0 aliphatic carbocycles. The highest BCUT2D eigenvalue weighted by Crippen LogP contribution is 2.35. The van der Waals surface area contributed by atoms with E-state index in [2.05, 4.69) is 25.5 Å². The van der Waals surface area contributed by atoms with Crippen LogP contribution in [0.1, 0.15) is 0 Å². The quantitative estimate of drug-likeness (QED) is 0.774. The van der Waals surface area contributed by atoms with Gasteiger partial charge in [-0.25, -0.2) is 0 Å². The smallest absolute Gasteiger partial charge is 0.235 e. The fraction of sp³-hybridized carbons (Fsp3) is 0.0833. The van der Waals surface area contributed by atoms with E-state index in [1.54, 1.807) is 31.4 Å². The number of nitrogens with zero attached hydrogens (tertiary/aromatic N) is 3. The van der Waals surface area contributed by atoms with Crippen LogP contribution < -0.4 is 10.1 Å². The Balaban J connectivity index is 2.10. The first-order valence-electron chi connectivity index (χ1n) is 5.70. The summed E-state index contributed by atoms with van der Waals surface area (Å²) in [5.74, 6) is 1.18. The van der Waals surface area contributed by atoms with Crippen LogP contribution >= 0.6 is 23.2 Å². The summed E-state index contributed by atoms with van der Waals surface area (Å²) in [6, 6.07) is 5.14. The molecule has 0 aliphatic heterocycles. The molecule has 0 saturated carbocycles. The lowest BCUT2D eigenvalue weighted by Gasteiger charge is -2.09. The van der Waals surface area contributed by atoms with Gasteiger partial charge in [-0.15, -0.1) is 0 Å². The van der Waals surface area contributed by atoms with Crippen molar-refractivity contribution < 1.29 is 4.74 Å². The van der Waals surface area contributed by atoms with Gasteiger partial charge in [-0.2, -0.15) is 15.1 Å². The van der Waals surface area contributed by atoms with E-state index in [1.807, 2.05) is 0 Å². The summed E-state index contributed by atoms with van der Waals surface area (Å²) >= 11 is 12.1. The highest BCUT2D eigenvalue weighted by molar-refractivity contribution is 6.42. The zero-order valence-corrected chi connectivity index (χ0v) is 11.8. The van der Waals surface area contributed by atoms with Gasteiger partial charge in [0.25, 0.3) is 0 Å². The molecular weight excluding hydrogens is 301 g/mol. The monoisotopic (exact) mass is 309 g/mol. The second kappa shape index (κ2) is 5.15. The number of anilines is 1. The molecule has 0 amide bonds. The zero-order valence-electron chi connectivity index (χ0n) is 10.3. The molecule has 2 heterocycles. The third-order valence-electron chi connectivity index (χ3n) is 2.62. The van der Waals surface area contributed by atoms with Gasteiger partial charge in [0, 0.05) is 7.05 Å². The van der Waals surface area contributed by atoms with Gasteiger partial charge < -0.3 is 10.1 Å². The fourth-order valence-corrected chi connectivity index (χ4v) is 2.00. The minimum Gasteiger partial charge on any atom is -0.436 e. The van der Waals surface area contributed by atoms with Crippen LogP contribution in [0.15, 0.2) is 24.4 Å². The third kappa shape index (κ3) is 2.23. The predicted molar refractivity (Wildman–Crippen MR) is 77.8 cm³/mol. The van der Waals surface area contributed by atoms with Crippen molar-refractivity contribution in [1.82, 2.24) is 20.2 Å². The zero-order chi connectivity index (χ0) is 14.1. The number of hydrogen-bond acceptors (Lipinski definition) is 5. The minimum atomic E-state index is 0.329. The predicted octanol–water partition coefficient (Wildman–Crippen LogP) is 3.49. The van der Waals surface area contributed by atoms with Crippen LogP contribution in [0.2, 0.25) is 10.0 Å². The normalized spacial score (nSPS) is 10.8. The number of ether oxygens (including phenoxy) is 1. The molecule has 102 valence electrons. The van der Waals surface area contributed by atoms with Crippen LogP contribution in [0.5, 0.6) is 11.6 Å². The lowest BCUT2D eigenvalue weighted by molar-refractivity contribution is 0.469. The van der Waals surface area contributed by atoms with Crippen LogP contribution in [-0.2, 0) is 0 Å². The van der Waals surface area contributed by atoms with Gasteiger partial charge >= 0.3 is 0 Å². The standard InChI is InChI=1S/C12H9Cl2N5O/c1-15-12-17-10-6(5-16-19-10)11(18-12)20-8-4-2-3-7(13)9(8)14/h2-5H,1H3,(H2,15,16,17,18,19). The molecule has 0 radical (unpaired) electrons. The van der Waals surface area contributed by atoms with Crippen molar-refractivity contribution in [2.24, 2.45) is 0 Å². The second-order valence-electron chi connectivity index (χ2n) is 3.89. The minimum absolute atomic E-state index is 0.329. The molecule has 0 bridgehead atoms. The number of benzene rings is 1. The van der Waals surface area contributed by atoms with Gasteiger partial charge in [-0.05, 0) is 12.1 Å². The largest absolute Gasteiger partial charge is 0.436 e. The van der Waals surface area contributed by atoms with Crippen LogP contribution in [0, 0.1) is 0 Å². The van der Waals surface area contributed by atoms with Crippen LogP contribution in [0.3, 0.4) is 0 Å². The van der Waals surface area contributed by atoms with Gasteiger partial charge in [0.1, 0.15) is 16.2 Å². The summed E-state index contributed by atoms with van der Waals surface area (Å²) in [5.41, 5.74) is 0.567. The Bertz CT molecular complexity index is 774. The molecule has 0 saturated heterocycles. The number of aromatic nitrogens is 4. The Morgan fingerprint density at radius 2 is 2.10 bits per heavy atom. The molecule has 8 heteroatoms. The number of H-pyrrole nitrogens is 1. The van der Waals surface area contributed by atoms with Gasteiger partial charge in [-0.3, -0.25) is 5.10 Å². The maximum Gasteiger partial charge on any atom is 0.235 e. The molecule has 0 atom stereocenters. The topological polar surface area (TPSA) is 75.7 Å². The number of fused-ring (bicyclic) bond motifs is 1. The van der Waals surface area contributed by atoms with E-state index in [1.165, 1.54) is 0 Å². The molecule has 2 N–H and O–H groups in total. The Morgan fingerprint density at radius 3 is 2.90 bits per heavy atom. The van der Waals surface area contributed by atoms with Crippen molar-refractivity contribution in [2.75, 3.05) is 12.4 Å². The first kappa shape index (κ1) is 13.0. The van der Waals surface area contributed by atoms with Crippen molar-refractivity contribution in [2.45, 2.75) is 0 Å². The average molecular weight is 310 g/mol. The van der Waals surface area contributed by atoms with Crippen LogP contribution in [-0.4, -0.2) is 27.2 Å². The van der Waals surface area contributed by atoms with Gasteiger partial charge in [0.15, 0.2) is 5.65 Å². The summed E-state index contributed by atoms with van der Waals surface area (Å²) < 4.78 is 5.74. The van der Waals surface area contributed by atoms with E-state index < -0.39 is 0 Å². The van der Waals surface area contributed by atoms with Gasteiger partial charge in [0.05, 0.1) is 11.2 Å². The first-order chi connectivity index (χ1) is 9.69.